The second-order valence-corrected chi connectivity index (χ2v) is 5.15. The van der Waals surface area contributed by atoms with Gasteiger partial charge in [-0.3, -0.25) is 14.6 Å². The van der Waals surface area contributed by atoms with E-state index in [0.29, 0.717) is 28.9 Å². The molecule has 102 valence electrons. The summed E-state index contributed by atoms with van der Waals surface area (Å²) >= 11 is 0. The van der Waals surface area contributed by atoms with Crippen LogP contribution in [0.25, 0.3) is 0 Å². The first kappa shape index (κ1) is 12.7. The van der Waals surface area contributed by atoms with Crippen LogP contribution in [0.1, 0.15) is 32.0 Å². The molecule has 1 aliphatic carbocycles. The van der Waals surface area contributed by atoms with Crippen molar-refractivity contribution < 1.29 is 9.59 Å². The molecule has 20 heavy (non-hydrogen) atoms. The first-order valence-corrected chi connectivity index (χ1v) is 6.47. The van der Waals surface area contributed by atoms with Crippen molar-refractivity contribution in [1.82, 2.24) is 14.5 Å². The molecule has 5 heteroatoms. The molecule has 1 aliphatic rings. The molecule has 0 N–H and O–H groups in total. The first-order valence-electron chi connectivity index (χ1n) is 6.47. The van der Waals surface area contributed by atoms with E-state index in [2.05, 4.69) is 4.98 Å². The Morgan fingerprint density at radius 3 is 2.65 bits per heavy atom. The molecule has 0 unspecified atom stereocenters. The van der Waals surface area contributed by atoms with E-state index in [1.165, 1.54) is 12.4 Å². The molecule has 0 atom stereocenters. The topological polar surface area (TPSA) is 55.2 Å². The van der Waals surface area contributed by atoms with Crippen LogP contribution in [0.3, 0.4) is 0 Å². The zero-order valence-electron chi connectivity index (χ0n) is 11.5. The van der Waals surface area contributed by atoms with Gasteiger partial charge >= 0.3 is 0 Å². The molecule has 0 aromatic carbocycles. The Labute approximate surface area is 116 Å². The molecule has 0 bridgehead atoms. The van der Waals surface area contributed by atoms with Crippen LogP contribution in [0, 0.1) is 0 Å². The lowest BCUT2D eigenvalue weighted by molar-refractivity contribution is 0.0972. The molecule has 0 radical (unpaired) electrons. The maximum atomic E-state index is 12.6. The Bertz CT molecular complexity index is 701. The quantitative estimate of drug-likeness (QED) is 0.717. The number of pyridine rings is 1. The number of carbonyl (C=O) groups excluding carboxylic acids is 2. The summed E-state index contributed by atoms with van der Waals surface area (Å²) in [6.07, 6.45) is 4.82. The van der Waals surface area contributed by atoms with Crippen LogP contribution >= 0.6 is 0 Å². The van der Waals surface area contributed by atoms with Gasteiger partial charge in [0.1, 0.15) is 5.69 Å². The highest BCUT2D eigenvalue weighted by atomic mass is 16.1. The van der Waals surface area contributed by atoms with Crippen LogP contribution in [0.4, 0.5) is 0 Å². The summed E-state index contributed by atoms with van der Waals surface area (Å²) in [5.41, 5.74) is 1.82. The average Bonchev–Trinajstić information content (AvgIpc) is 2.87. The van der Waals surface area contributed by atoms with Gasteiger partial charge in [-0.2, -0.15) is 0 Å². The summed E-state index contributed by atoms with van der Waals surface area (Å²) in [7, 11) is 3.95. The Balaban J connectivity index is 2.06. The van der Waals surface area contributed by atoms with Crippen molar-refractivity contribution in [2.45, 2.75) is 6.54 Å². The van der Waals surface area contributed by atoms with Crippen molar-refractivity contribution >= 4 is 11.6 Å². The number of hydrogen-bond acceptors (Lipinski definition) is 4. The molecule has 3 rings (SSSR count). The van der Waals surface area contributed by atoms with Crippen molar-refractivity contribution in [2.24, 2.45) is 0 Å². The summed E-state index contributed by atoms with van der Waals surface area (Å²) in [5.74, 6) is -0.216. The first-order chi connectivity index (χ1) is 9.59. The van der Waals surface area contributed by atoms with Gasteiger partial charge in [-0.15, -0.1) is 0 Å². The second kappa shape index (κ2) is 4.68. The van der Waals surface area contributed by atoms with Gasteiger partial charge in [0.2, 0.25) is 5.78 Å². The highest BCUT2D eigenvalue weighted by molar-refractivity contribution is 6.27. The van der Waals surface area contributed by atoms with E-state index in [9.17, 15) is 9.59 Å². The summed E-state index contributed by atoms with van der Waals surface area (Å²) in [6.45, 7) is 1.49. The van der Waals surface area contributed by atoms with Gasteiger partial charge in [0.25, 0.3) is 0 Å². The van der Waals surface area contributed by atoms with Crippen molar-refractivity contribution in [3.63, 3.8) is 0 Å². The monoisotopic (exact) mass is 269 g/mol. The molecule has 0 spiro atoms. The SMILES string of the molecule is CN(C)CCn1ccc2c1C(=O)c1cnccc1C2=O. The second-order valence-electron chi connectivity index (χ2n) is 5.15. The van der Waals surface area contributed by atoms with Crippen LogP contribution in [0.2, 0.25) is 0 Å². The molecule has 0 aliphatic heterocycles. The highest BCUT2D eigenvalue weighted by Crippen LogP contribution is 2.27. The largest absolute Gasteiger partial charge is 0.343 e. The van der Waals surface area contributed by atoms with Crippen LogP contribution in [-0.2, 0) is 6.54 Å². The van der Waals surface area contributed by atoms with Crippen molar-refractivity contribution in [1.29, 1.82) is 0 Å². The fourth-order valence-electron chi connectivity index (χ4n) is 2.45. The van der Waals surface area contributed by atoms with Crippen LogP contribution in [0.5, 0.6) is 0 Å². The minimum Gasteiger partial charge on any atom is -0.343 e. The minimum absolute atomic E-state index is 0.0967. The van der Waals surface area contributed by atoms with Crippen LogP contribution in [0.15, 0.2) is 30.7 Å². The van der Waals surface area contributed by atoms with Gasteiger partial charge < -0.3 is 9.47 Å². The summed E-state index contributed by atoms with van der Waals surface area (Å²) < 4.78 is 1.85. The van der Waals surface area contributed by atoms with Gasteiger partial charge in [-0.05, 0) is 26.2 Å². The fraction of sp³-hybridized carbons (Fsp3) is 0.267. The van der Waals surface area contributed by atoms with E-state index in [0.717, 1.165) is 6.54 Å². The zero-order chi connectivity index (χ0) is 14.3. The van der Waals surface area contributed by atoms with E-state index in [1.54, 1.807) is 12.1 Å². The predicted octanol–water partition coefficient (Wildman–Crippen LogP) is 1.22. The lowest BCUT2D eigenvalue weighted by atomic mass is 9.89. The number of aromatic nitrogens is 2. The van der Waals surface area contributed by atoms with E-state index in [-0.39, 0.29) is 11.6 Å². The highest BCUT2D eigenvalue weighted by Gasteiger charge is 2.32. The van der Waals surface area contributed by atoms with E-state index >= 15 is 0 Å². The maximum absolute atomic E-state index is 12.6. The molecular weight excluding hydrogens is 254 g/mol. The number of likely N-dealkylation sites (N-methyl/N-ethyl adjacent to an activating group) is 1. The third-order valence-electron chi connectivity index (χ3n) is 3.52. The number of fused-ring (bicyclic) bond motifs is 2. The standard InChI is InChI=1S/C15H15N3O2/c1-17(2)7-8-18-6-4-11-13(18)15(20)12-9-16-5-3-10(12)14(11)19/h3-6,9H,7-8H2,1-2H3. The summed E-state index contributed by atoms with van der Waals surface area (Å²) in [6, 6.07) is 3.34. The zero-order valence-corrected chi connectivity index (χ0v) is 11.5. The van der Waals surface area contributed by atoms with Gasteiger partial charge in [0.05, 0.1) is 11.1 Å². The van der Waals surface area contributed by atoms with Crippen LogP contribution < -0.4 is 0 Å². The van der Waals surface area contributed by atoms with Crippen molar-refractivity contribution in [3.05, 3.63) is 53.1 Å². The normalized spacial score (nSPS) is 13.6. The lowest BCUT2D eigenvalue weighted by Crippen LogP contribution is -2.25. The molecule has 0 amide bonds. The Morgan fingerprint density at radius 2 is 1.90 bits per heavy atom. The number of carbonyl (C=O) groups is 2. The van der Waals surface area contributed by atoms with Crippen LogP contribution in [-0.4, -0.2) is 46.7 Å². The molecular formula is C15H15N3O2. The van der Waals surface area contributed by atoms with Gasteiger partial charge in [0, 0.05) is 37.2 Å². The average molecular weight is 269 g/mol. The van der Waals surface area contributed by atoms with Gasteiger partial charge in [0.15, 0.2) is 5.78 Å². The van der Waals surface area contributed by atoms with E-state index < -0.39 is 0 Å². The summed E-state index contributed by atoms with van der Waals surface area (Å²) in [4.78, 5) is 30.9. The van der Waals surface area contributed by atoms with Crippen molar-refractivity contribution in [2.75, 3.05) is 20.6 Å². The molecule has 5 nitrogen and oxygen atoms in total. The Hall–Kier alpha value is -2.27. The molecule has 0 fully saturated rings. The number of nitrogens with zero attached hydrogens (tertiary/aromatic N) is 3. The maximum Gasteiger partial charge on any atom is 0.212 e. The fourth-order valence-corrected chi connectivity index (χ4v) is 2.45. The van der Waals surface area contributed by atoms with Gasteiger partial charge in [-0.25, -0.2) is 0 Å². The smallest absolute Gasteiger partial charge is 0.212 e. The third kappa shape index (κ3) is 1.87. The molecule has 2 heterocycles. The summed E-state index contributed by atoms with van der Waals surface area (Å²) in [5, 5.41) is 0. The molecule has 2 aromatic rings. The lowest BCUT2D eigenvalue weighted by Gasteiger charge is -2.17. The Morgan fingerprint density at radius 1 is 1.10 bits per heavy atom. The molecule has 0 saturated carbocycles. The third-order valence-corrected chi connectivity index (χ3v) is 3.52. The number of rotatable bonds is 3. The van der Waals surface area contributed by atoms with E-state index in [4.69, 9.17) is 0 Å². The minimum atomic E-state index is -0.119. The van der Waals surface area contributed by atoms with Crippen molar-refractivity contribution in [3.8, 4) is 0 Å². The van der Waals surface area contributed by atoms with Gasteiger partial charge in [-0.1, -0.05) is 0 Å². The molecule has 2 aromatic heterocycles. The molecule has 0 saturated heterocycles. The predicted molar refractivity (Wildman–Crippen MR) is 74.1 cm³/mol. The van der Waals surface area contributed by atoms with E-state index in [1.807, 2.05) is 29.8 Å². The number of ketones is 2. The number of hydrogen-bond donors (Lipinski definition) is 0. The Kier molecular flexibility index (Phi) is 2.99.